The summed E-state index contributed by atoms with van der Waals surface area (Å²) in [5.74, 6) is -0.335. The topological polar surface area (TPSA) is 86.8 Å². The standard InChI is InChI=1S/C28H39N3O4S/c1-20(2)23-14-16-26(17-15-23)31(36(5,34)35)19-27(32)30(18-24-11-7-6-10-21(24)3)22(4)28(33)29-25-12-8-9-13-25/h6-7,10-11,14-17,20,22,25H,8-9,12-13,18-19H2,1-5H3,(H,29,33)/t22-/m1/s1. The number of aryl methyl sites for hydroxylation is 1. The summed E-state index contributed by atoms with van der Waals surface area (Å²) < 4.78 is 26.6. The van der Waals surface area contributed by atoms with E-state index >= 15 is 0 Å². The van der Waals surface area contributed by atoms with Gasteiger partial charge in [0.1, 0.15) is 12.6 Å². The molecule has 2 amide bonds. The van der Waals surface area contributed by atoms with Crippen LogP contribution in [0.25, 0.3) is 0 Å². The van der Waals surface area contributed by atoms with Crippen molar-refractivity contribution >= 4 is 27.5 Å². The Morgan fingerprint density at radius 1 is 1.00 bits per heavy atom. The second-order valence-corrected chi connectivity index (χ2v) is 12.0. The molecule has 0 unspecified atom stereocenters. The molecule has 3 rings (SSSR count). The van der Waals surface area contributed by atoms with E-state index in [9.17, 15) is 18.0 Å². The second kappa shape index (κ2) is 11.9. The monoisotopic (exact) mass is 513 g/mol. The number of hydrogen-bond donors (Lipinski definition) is 1. The lowest BCUT2D eigenvalue weighted by Crippen LogP contribution is -2.52. The average Bonchev–Trinajstić information content (AvgIpc) is 3.34. The lowest BCUT2D eigenvalue weighted by Gasteiger charge is -2.32. The molecule has 7 nitrogen and oxygen atoms in total. The van der Waals surface area contributed by atoms with Crippen molar-refractivity contribution in [1.29, 1.82) is 0 Å². The molecule has 196 valence electrons. The lowest BCUT2D eigenvalue weighted by molar-refractivity contribution is -0.139. The fourth-order valence-electron chi connectivity index (χ4n) is 4.58. The highest BCUT2D eigenvalue weighted by atomic mass is 32.2. The van der Waals surface area contributed by atoms with E-state index in [2.05, 4.69) is 19.2 Å². The van der Waals surface area contributed by atoms with Gasteiger partial charge in [0.15, 0.2) is 0 Å². The molecule has 0 radical (unpaired) electrons. The average molecular weight is 514 g/mol. The number of hydrogen-bond acceptors (Lipinski definition) is 4. The number of nitrogens with one attached hydrogen (secondary N) is 1. The minimum absolute atomic E-state index is 0.127. The van der Waals surface area contributed by atoms with Crippen LogP contribution >= 0.6 is 0 Å². The minimum Gasteiger partial charge on any atom is -0.352 e. The van der Waals surface area contributed by atoms with Gasteiger partial charge in [-0.3, -0.25) is 13.9 Å². The Bertz CT molecular complexity index is 1160. The molecule has 0 aliphatic heterocycles. The van der Waals surface area contributed by atoms with Gasteiger partial charge < -0.3 is 10.2 Å². The summed E-state index contributed by atoms with van der Waals surface area (Å²) in [4.78, 5) is 28.3. The quantitative estimate of drug-likeness (QED) is 0.511. The van der Waals surface area contributed by atoms with Gasteiger partial charge >= 0.3 is 0 Å². The predicted octanol–water partition coefficient (Wildman–Crippen LogP) is 4.36. The van der Waals surface area contributed by atoms with Crippen LogP contribution in [0.15, 0.2) is 48.5 Å². The highest BCUT2D eigenvalue weighted by molar-refractivity contribution is 7.92. The Morgan fingerprint density at radius 2 is 1.61 bits per heavy atom. The molecule has 0 heterocycles. The van der Waals surface area contributed by atoms with Crippen LogP contribution in [0.1, 0.15) is 69.1 Å². The first-order valence-electron chi connectivity index (χ1n) is 12.7. The van der Waals surface area contributed by atoms with Crippen LogP contribution in [0.5, 0.6) is 0 Å². The first-order valence-corrected chi connectivity index (χ1v) is 14.5. The van der Waals surface area contributed by atoms with Gasteiger partial charge in [0.05, 0.1) is 11.9 Å². The number of carbonyl (C=O) groups is 2. The first kappa shape index (κ1) is 27.7. The number of benzene rings is 2. The van der Waals surface area contributed by atoms with Crippen LogP contribution in [-0.4, -0.2) is 50.0 Å². The van der Waals surface area contributed by atoms with E-state index < -0.39 is 22.0 Å². The fraction of sp³-hybridized carbons (Fsp3) is 0.500. The smallest absolute Gasteiger partial charge is 0.244 e. The first-order chi connectivity index (χ1) is 17.0. The van der Waals surface area contributed by atoms with Gasteiger partial charge in [0.25, 0.3) is 0 Å². The van der Waals surface area contributed by atoms with Gasteiger partial charge in [-0.25, -0.2) is 8.42 Å². The molecule has 36 heavy (non-hydrogen) atoms. The van der Waals surface area contributed by atoms with Crippen LogP contribution in [0.2, 0.25) is 0 Å². The molecule has 1 fully saturated rings. The SMILES string of the molecule is Cc1ccccc1CN(C(=O)CN(c1ccc(C(C)C)cc1)S(C)(=O)=O)[C@H](C)C(=O)NC1CCCC1. The minimum atomic E-state index is -3.74. The molecule has 0 aromatic heterocycles. The van der Waals surface area contributed by atoms with Crippen molar-refractivity contribution < 1.29 is 18.0 Å². The summed E-state index contributed by atoms with van der Waals surface area (Å²) >= 11 is 0. The van der Waals surface area contributed by atoms with E-state index in [0.29, 0.717) is 11.6 Å². The van der Waals surface area contributed by atoms with Gasteiger partial charge in [0, 0.05) is 12.6 Å². The van der Waals surface area contributed by atoms with E-state index in [1.807, 2.05) is 43.3 Å². The number of carbonyl (C=O) groups excluding carboxylic acids is 2. The Balaban J connectivity index is 1.88. The van der Waals surface area contributed by atoms with E-state index in [0.717, 1.165) is 52.9 Å². The van der Waals surface area contributed by atoms with Gasteiger partial charge in [-0.05, 0) is 61.4 Å². The molecular weight excluding hydrogens is 474 g/mol. The van der Waals surface area contributed by atoms with Crippen LogP contribution in [0.3, 0.4) is 0 Å². The highest BCUT2D eigenvalue weighted by Gasteiger charge is 2.31. The third kappa shape index (κ3) is 7.09. The number of nitrogens with zero attached hydrogens (tertiary/aromatic N) is 2. The summed E-state index contributed by atoms with van der Waals surface area (Å²) in [6.45, 7) is 7.63. The molecule has 2 aromatic rings. The third-order valence-corrected chi connectivity index (χ3v) is 8.14. The molecule has 1 saturated carbocycles. The van der Waals surface area contributed by atoms with Gasteiger partial charge in [-0.2, -0.15) is 0 Å². The Labute approximate surface area is 215 Å². The van der Waals surface area contributed by atoms with Crippen LogP contribution in [-0.2, 0) is 26.2 Å². The molecule has 0 saturated heterocycles. The second-order valence-electron chi connectivity index (χ2n) is 10.1. The molecule has 1 atom stereocenters. The Morgan fingerprint density at radius 3 is 2.17 bits per heavy atom. The van der Waals surface area contributed by atoms with Crippen molar-refractivity contribution in [2.45, 2.75) is 77.9 Å². The fourth-order valence-corrected chi connectivity index (χ4v) is 5.43. The third-order valence-electron chi connectivity index (χ3n) is 7.00. The largest absolute Gasteiger partial charge is 0.352 e. The molecule has 1 N–H and O–H groups in total. The van der Waals surface area contributed by atoms with E-state index in [4.69, 9.17) is 0 Å². The van der Waals surface area contributed by atoms with Crippen LogP contribution < -0.4 is 9.62 Å². The maximum atomic E-state index is 13.7. The van der Waals surface area contributed by atoms with Crippen molar-refractivity contribution in [1.82, 2.24) is 10.2 Å². The number of rotatable bonds is 10. The summed E-state index contributed by atoms with van der Waals surface area (Å²) in [5, 5.41) is 3.08. The van der Waals surface area contributed by atoms with E-state index in [-0.39, 0.29) is 25.0 Å². The summed E-state index contributed by atoms with van der Waals surface area (Å²) in [6.07, 6.45) is 5.16. The summed E-state index contributed by atoms with van der Waals surface area (Å²) in [6, 6.07) is 14.3. The molecular formula is C28H39N3O4S. The zero-order valence-electron chi connectivity index (χ0n) is 22.0. The van der Waals surface area contributed by atoms with E-state index in [1.165, 1.54) is 4.90 Å². The number of amides is 2. The van der Waals surface area contributed by atoms with Gasteiger partial charge in [0.2, 0.25) is 21.8 Å². The van der Waals surface area contributed by atoms with Crippen molar-refractivity contribution in [3.05, 3.63) is 65.2 Å². The van der Waals surface area contributed by atoms with Crippen molar-refractivity contribution in [2.24, 2.45) is 0 Å². The van der Waals surface area contributed by atoms with Crippen molar-refractivity contribution in [3.8, 4) is 0 Å². The molecule has 1 aliphatic carbocycles. The van der Waals surface area contributed by atoms with Gasteiger partial charge in [-0.15, -0.1) is 0 Å². The molecule has 2 aromatic carbocycles. The normalized spacial score (nSPS) is 15.1. The highest BCUT2D eigenvalue weighted by Crippen LogP contribution is 2.23. The lowest BCUT2D eigenvalue weighted by atomic mass is 10.0. The zero-order valence-corrected chi connectivity index (χ0v) is 22.8. The molecule has 0 bridgehead atoms. The maximum Gasteiger partial charge on any atom is 0.244 e. The number of anilines is 1. The number of sulfonamides is 1. The summed E-state index contributed by atoms with van der Waals surface area (Å²) in [7, 11) is -3.74. The molecule has 1 aliphatic rings. The molecule has 0 spiro atoms. The summed E-state index contributed by atoms with van der Waals surface area (Å²) in [5.41, 5.74) is 3.42. The Hall–Kier alpha value is -2.87. The van der Waals surface area contributed by atoms with E-state index in [1.54, 1.807) is 19.1 Å². The van der Waals surface area contributed by atoms with Crippen molar-refractivity contribution in [3.63, 3.8) is 0 Å². The van der Waals surface area contributed by atoms with Crippen LogP contribution in [0.4, 0.5) is 5.69 Å². The van der Waals surface area contributed by atoms with Crippen LogP contribution in [0, 0.1) is 6.92 Å². The van der Waals surface area contributed by atoms with Gasteiger partial charge in [-0.1, -0.05) is 63.1 Å². The maximum absolute atomic E-state index is 13.7. The predicted molar refractivity (Wildman–Crippen MR) is 144 cm³/mol. The Kier molecular flexibility index (Phi) is 9.17. The zero-order chi connectivity index (χ0) is 26.5. The van der Waals surface area contributed by atoms with Crippen molar-refractivity contribution in [2.75, 3.05) is 17.1 Å². The molecule has 8 heteroatoms.